The van der Waals surface area contributed by atoms with Gasteiger partial charge >= 0.3 is 0 Å². The highest BCUT2D eigenvalue weighted by Gasteiger charge is 2.18. The lowest BCUT2D eigenvalue weighted by Crippen LogP contribution is -2.35. The van der Waals surface area contributed by atoms with Crippen LogP contribution >= 0.6 is 0 Å². The molecule has 0 fully saturated rings. The van der Waals surface area contributed by atoms with Crippen LogP contribution in [0.5, 0.6) is 5.88 Å². The minimum Gasteiger partial charge on any atom is -0.481 e. The number of aryl methyl sites for hydroxylation is 1. The van der Waals surface area contributed by atoms with Gasteiger partial charge in [-0.3, -0.25) is 0 Å². The van der Waals surface area contributed by atoms with Gasteiger partial charge in [-0.2, -0.15) is 5.10 Å². The summed E-state index contributed by atoms with van der Waals surface area (Å²) in [6.07, 6.45) is 1.85. The average Bonchev–Trinajstić information content (AvgIpc) is 2.87. The zero-order chi connectivity index (χ0) is 14.7. The maximum Gasteiger partial charge on any atom is 0.212 e. The predicted octanol–water partition coefficient (Wildman–Crippen LogP) is 1.43. The second-order valence-corrected chi connectivity index (χ2v) is 5.44. The van der Waals surface area contributed by atoms with Crippen molar-refractivity contribution >= 4 is 5.82 Å². The summed E-state index contributed by atoms with van der Waals surface area (Å²) in [7, 11) is 1.63. The fourth-order valence-corrected chi connectivity index (χ4v) is 2.58. The van der Waals surface area contributed by atoms with Gasteiger partial charge in [0.2, 0.25) is 5.88 Å². The van der Waals surface area contributed by atoms with E-state index in [0.717, 1.165) is 43.3 Å². The highest BCUT2D eigenvalue weighted by atomic mass is 16.5. The van der Waals surface area contributed by atoms with Gasteiger partial charge < -0.3 is 15.4 Å². The van der Waals surface area contributed by atoms with Crippen LogP contribution in [0.3, 0.4) is 0 Å². The Hall–Kier alpha value is -2.08. The number of nitrogens with one attached hydrogen (secondary N) is 2. The monoisotopic (exact) mass is 287 g/mol. The summed E-state index contributed by atoms with van der Waals surface area (Å²) in [4.78, 5) is 4.21. The van der Waals surface area contributed by atoms with Crippen molar-refractivity contribution in [2.45, 2.75) is 20.0 Å². The Balaban J connectivity index is 1.47. The SMILES string of the molecule is COc1ccc(CNC[C@H]2CNc3cc(C)nn3C2)cn1. The van der Waals surface area contributed by atoms with Crippen LogP contribution in [0.4, 0.5) is 5.82 Å². The number of methoxy groups -OCH3 is 1. The number of nitrogens with zero attached hydrogens (tertiary/aromatic N) is 3. The van der Waals surface area contributed by atoms with Crippen LogP contribution in [0.2, 0.25) is 0 Å². The number of fused-ring (bicyclic) bond motifs is 1. The average molecular weight is 287 g/mol. The molecule has 21 heavy (non-hydrogen) atoms. The number of hydrogen-bond acceptors (Lipinski definition) is 5. The molecule has 3 rings (SSSR count). The molecule has 1 aliphatic heterocycles. The standard InChI is InChI=1S/C15H21N5O/c1-11-5-14-17-9-13(10-20(14)19-11)7-16-6-12-3-4-15(21-2)18-8-12/h3-5,8,13,16-17H,6-7,9-10H2,1-2H3/t13-/m0/s1. The first kappa shape index (κ1) is 13.9. The van der Waals surface area contributed by atoms with E-state index in [4.69, 9.17) is 4.74 Å². The van der Waals surface area contributed by atoms with E-state index >= 15 is 0 Å². The second kappa shape index (κ2) is 6.13. The summed E-state index contributed by atoms with van der Waals surface area (Å²) in [6.45, 7) is 5.75. The van der Waals surface area contributed by atoms with Gasteiger partial charge in [0.05, 0.1) is 12.8 Å². The molecule has 0 aromatic carbocycles. The third-order valence-electron chi connectivity index (χ3n) is 3.67. The van der Waals surface area contributed by atoms with Crippen LogP contribution < -0.4 is 15.4 Å². The van der Waals surface area contributed by atoms with Crippen molar-refractivity contribution < 1.29 is 4.74 Å². The Labute approximate surface area is 124 Å². The van der Waals surface area contributed by atoms with Crippen LogP contribution in [0.25, 0.3) is 0 Å². The summed E-state index contributed by atoms with van der Waals surface area (Å²) in [5.74, 6) is 2.32. The summed E-state index contributed by atoms with van der Waals surface area (Å²) in [6, 6.07) is 6.01. The Morgan fingerprint density at radius 1 is 1.48 bits per heavy atom. The molecule has 6 nitrogen and oxygen atoms in total. The van der Waals surface area contributed by atoms with Gasteiger partial charge in [-0.1, -0.05) is 6.07 Å². The van der Waals surface area contributed by atoms with E-state index in [9.17, 15) is 0 Å². The second-order valence-electron chi connectivity index (χ2n) is 5.44. The molecule has 1 aliphatic rings. The molecule has 2 aromatic heterocycles. The third kappa shape index (κ3) is 3.33. The van der Waals surface area contributed by atoms with Crippen molar-refractivity contribution in [1.29, 1.82) is 0 Å². The molecule has 0 bridgehead atoms. The number of hydrogen-bond donors (Lipinski definition) is 2. The van der Waals surface area contributed by atoms with Crippen molar-refractivity contribution in [2.75, 3.05) is 25.5 Å². The Morgan fingerprint density at radius 2 is 2.38 bits per heavy atom. The molecule has 0 radical (unpaired) electrons. The number of anilines is 1. The van der Waals surface area contributed by atoms with Gasteiger partial charge in [-0.25, -0.2) is 9.67 Å². The van der Waals surface area contributed by atoms with Crippen LogP contribution in [0, 0.1) is 12.8 Å². The molecule has 6 heteroatoms. The first-order valence-electron chi connectivity index (χ1n) is 7.22. The number of aromatic nitrogens is 3. The van der Waals surface area contributed by atoms with Crippen molar-refractivity contribution in [3.63, 3.8) is 0 Å². The molecule has 1 atom stereocenters. The number of ether oxygens (including phenoxy) is 1. The smallest absolute Gasteiger partial charge is 0.212 e. The Bertz CT molecular complexity index is 593. The summed E-state index contributed by atoms with van der Waals surface area (Å²) < 4.78 is 7.11. The van der Waals surface area contributed by atoms with Crippen LogP contribution in [0.15, 0.2) is 24.4 Å². The van der Waals surface area contributed by atoms with E-state index in [-0.39, 0.29) is 0 Å². The molecule has 2 aromatic rings. The topological polar surface area (TPSA) is 64.0 Å². The van der Waals surface area contributed by atoms with Crippen LogP contribution in [-0.2, 0) is 13.1 Å². The van der Waals surface area contributed by atoms with Crippen molar-refractivity contribution in [1.82, 2.24) is 20.1 Å². The lowest BCUT2D eigenvalue weighted by atomic mass is 10.1. The summed E-state index contributed by atoms with van der Waals surface area (Å²) >= 11 is 0. The van der Waals surface area contributed by atoms with Gasteiger partial charge in [-0.05, 0) is 12.5 Å². The van der Waals surface area contributed by atoms with E-state index in [2.05, 4.69) is 31.5 Å². The minimum absolute atomic E-state index is 0.544. The summed E-state index contributed by atoms with van der Waals surface area (Å²) in [5, 5.41) is 11.4. The highest BCUT2D eigenvalue weighted by Crippen LogP contribution is 2.18. The van der Waals surface area contributed by atoms with Gasteiger partial charge in [0, 0.05) is 50.4 Å². The molecule has 2 N–H and O–H groups in total. The lowest BCUT2D eigenvalue weighted by Gasteiger charge is -2.25. The predicted molar refractivity (Wildman–Crippen MR) is 81.4 cm³/mol. The van der Waals surface area contributed by atoms with E-state index in [1.165, 1.54) is 0 Å². The van der Waals surface area contributed by atoms with Crippen LogP contribution in [0.1, 0.15) is 11.3 Å². The molecule has 0 unspecified atom stereocenters. The maximum atomic E-state index is 5.05. The van der Waals surface area contributed by atoms with E-state index < -0.39 is 0 Å². The molecule has 112 valence electrons. The zero-order valence-electron chi connectivity index (χ0n) is 12.5. The van der Waals surface area contributed by atoms with Crippen LogP contribution in [-0.4, -0.2) is 35.0 Å². The van der Waals surface area contributed by atoms with Gasteiger partial charge in [-0.15, -0.1) is 0 Å². The molecule has 0 spiro atoms. The Kier molecular flexibility index (Phi) is 4.06. The van der Waals surface area contributed by atoms with Crippen molar-refractivity contribution in [2.24, 2.45) is 5.92 Å². The lowest BCUT2D eigenvalue weighted by molar-refractivity contribution is 0.389. The summed E-state index contributed by atoms with van der Waals surface area (Å²) in [5.41, 5.74) is 2.23. The fourth-order valence-electron chi connectivity index (χ4n) is 2.58. The van der Waals surface area contributed by atoms with Gasteiger partial charge in [0.1, 0.15) is 5.82 Å². The van der Waals surface area contributed by atoms with E-state index in [0.29, 0.717) is 11.8 Å². The van der Waals surface area contributed by atoms with Crippen molar-refractivity contribution in [3.05, 3.63) is 35.7 Å². The molecule has 0 amide bonds. The van der Waals surface area contributed by atoms with E-state index in [1.807, 2.05) is 25.3 Å². The molecule has 0 aliphatic carbocycles. The molecular formula is C15H21N5O. The van der Waals surface area contributed by atoms with E-state index in [1.54, 1.807) is 7.11 Å². The fraction of sp³-hybridized carbons (Fsp3) is 0.467. The van der Waals surface area contributed by atoms with Crippen molar-refractivity contribution in [3.8, 4) is 5.88 Å². The normalized spacial score (nSPS) is 17.1. The zero-order valence-corrected chi connectivity index (χ0v) is 12.5. The van der Waals surface area contributed by atoms with Gasteiger partial charge in [0.15, 0.2) is 0 Å². The molecular weight excluding hydrogens is 266 g/mol. The quantitative estimate of drug-likeness (QED) is 0.871. The van der Waals surface area contributed by atoms with Gasteiger partial charge in [0.25, 0.3) is 0 Å². The minimum atomic E-state index is 0.544. The third-order valence-corrected chi connectivity index (χ3v) is 3.67. The maximum absolute atomic E-state index is 5.05. The molecule has 0 saturated heterocycles. The number of rotatable bonds is 5. The Morgan fingerprint density at radius 3 is 3.14 bits per heavy atom. The number of pyridine rings is 1. The largest absolute Gasteiger partial charge is 0.481 e. The first-order valence-corrected chi connectivity index (χ1v) is 7.22. The highest BCUT2D eigenvalue weighted by molar-refractivity contribution is 5.38. The first-order chi connectivity index (χ1) is 10.2. The molecule has 0 saturated carbocycles. The molecule has 3 heterocycles.